The third-order valence-corrected chi connectivity index (χ3v) is 3.74. The van der Waals surface area contributed by atoms with E-state index in [9.17, 15) is 0 Å². The van der Waals surface area contributed by atoms with Crippen molar-refractivity contribution in [3.63, 3.8) is 0 Å². The van der Waals surface area contributed by atoms with Gasteiger partial charge in [0.2, 0.25) is 0 Å². The molecule has 17 heavy (non-hydrogen) atoms. The van der Waals surface area contributed by atoms with Crippen LogP contribution in [-0.4, -0.2) is 9.66 Å². The second-order valence-corrected chi connectivity index (χ2v) is 5.18. The molecule has 1 aromatic carbocycles. The fourth-order valence-corrected chi connectivity index (χ4v) is 2.42. The van der Waals surface area contributed by atoms with Gasteiger partial charge in [0.05, 0.1) is 0 Å². The summed E-state index contributed by atoms with van der Waals surface area (Å²) in [5.74, 6) is 7.85. The van der Waals surface area contributed by atoms with Gasteiger partial charge in [-0.05, 0) is 18.9 Å². The molecular formula is C12H13BrN4. The Morgan fingerprint density at radius 2 is 2.00 bits per heavy atom. The number of benzene rings is 1. The zero-order chi connectivity index (χ0) is 12.0. The van der Waals surface area contributed by atoms with Crippen LogP contribution in [0, 0.1) is 0 Å². The highest BCUT2D eigenvalue weighted by Crippen LogP contribution is 2.42. The summed E-state index contributed by atoms with van der Waals surface area (Å²) in [5.41, 5.74) is 7.77. The summed E-state index contributed by atoms with van der Waals surface area (Å²) in [6.45, 7) is 0. The van der Waals surface area contributed by atoms with E-state index in [1.165, 1.54) is 4.68 Å². The van der Waals surface area contributed by atoms with E-state index in [2.05, 4.69) is 20.9 Å². The van der Waals surface area contributed by atoms with Crippen molar-refractivity contribution in [1.82, 2.24) is 9.66 Å². The van der Waals surface area contributed by atoms with Crippen molar-refractivity contribution in [2.45, 2.75) is 18.8 Å². The summed E-state index contributed by atoms with van der Waals surface area (Å²) >= 11 is 3.51. The Hall–Kier alpha value is -1.49. The molecule has 0 radical (unpaired) electrons. The van der Waals surface area contributed by atoms with Crippen molar-refractivity contribution in [2.75, 3.05) is 11.6 Å². The van der Waals surface area contributed by atoms with Crippen LogP contribution >= 0.6 is 15.9 Å². The standard InChI is InChI=1S/C12H13BrN4/c13-9-4-2-1-3-8(9)10-11(14)17(15)12(16-10)7-5-6-7/h1-4,7H,5-6,14-15H2. The van der Waals surface area contributed by atoms with Crippen LogP contribution in [0.3, 0.4) is 0 Å². The minimum Gasteiger partial charge on any atom is -0.382 e. The van der Waals surface area contributed by atoms with Crippen LogP contribution < -0.4 is 11.6 Å². The predicted octanol–water partition coefficient (Wildman–Crippen LogP) is 2.49. The van der Waals surface area contributed by atoms with E-state index in [1.807, 2.05) is 24.3 Å². The largest absolute Gasteiger partial charge is 0.382 e. The van der Waals surface area contributed by atoms with Gasteiger partial charge in [0.1, 0.15) is 11.5 Å². The van der Waals surface area contributed by atoms with Gasteiger partial charge in [0.15, 0.2) is 5.82 Å². The fourth-order valence-electron chi connectivity index (χ4n) is 1.94. The lowest BCUT2D eigenvalue weighted by molar-refractivity contribution is 0.855. The van der Waals surface area contributed by atoms with Gasteiger partial charge in [-0.25, -0.2) is 9.66 Å². The van der Waals surface area contributed by atoms with Gasteiger partial charge in [-0.1, -0.05) is 34.1 Å². The molecule has 3 rings (SSSR count). The molecule has 0 saturated heterocycles. The number of nitrogens with two attached hydrogens (primary N) is 2. The molecule has 0 aliphatic heterocycles. The first-order valence-electron chi connectivity index (χ1n) is 5.56. The van der Waals surface area contributed by atoms with Crippen LogP contribution in [0.4, 0.5) is 5.82 Å². The maximum Gasteiger partial charge on any atom is 0.150 e. The number of anilines is 1. The number of hydrogen-bond donors (Lipinski definition) is 2. The van der Waals surface area contributed by atoms with Crippen molar-refractivity contribution in [3.05, 3.63) is 34.6 Å². The molecule has 0 amide bonds. The van der Waals surface area contributed by atoms with Gasteiger partial charge < -0.3 is 11.6 Å². The Kier molecular flexibility index (Phi) is 2.36. The van der Waals surface area contributed by atoms with Gasteiger partial charge >= 0.3 is 0 Å². The van der Waals surface area contributed by atoms with Crippen LogP contribution in [0.5, 0.6) is 0 Å². The highest BCUT2D eigenvalue weighted by Gasteiger charge is 2.30. The summed E-state index contributed by atoms with van der Waals surface area (Å²) in [6.07, 6.45) is 2.31. The topological polar surface area (TPSA) is 69.9 Å². The number of halogens is 1. The second kappa shape index (κ2) is 3.77. The Balaban J connectivity index is 2.15. The Morgan fingerprint density at radius 1 is 1.29 bits per heavy atom. The molecule has 0 spiro atoms. The highest BCUT2D eigenvalue weighted by molar-refractivity contribution is 9.10. The van der Waals surface area contributed by atoms with Crippen LogP contribution in [0.15, 0.2) is 28.7 Å². The van der Waals surface area contributed by atoms with Gasteiger partial charge in [-0.15, -0.1) is 0 Å². The molecule has 0 bridgehead atoms. The molecule has 1 aromatic heterocycles. The third kappa shape index (κ3) is 1.70. The molecule has 88 valence electrons. The summed E-state index contributed by atoms with van der Waals surface area (Å²) in [6, 6.07) is 7.89. The van der Waals surface area contributed by atoms with E-state index >= 15 is 0 Å². The highest BCUT2D eigenvalue weighted by atomic mass is 79.9. The second-order valence-electron chi connectivity index (χ2n) is 4.33. The minimum atomic E-state index is 0.485. The zero-order valence-corrected chi connectivity index (χ0v) is 10.8. The number of imidazole rings is 1. The zero-order valence-electron chi connectivity index (χ0n) is 9.23. The van der Waals surface area contributed by atoms with E-state index < -0.39 is 0 Å². The molecule has 1 saturated carbocycles. The van der Waals surface area contributed by atoms with Crippen molar-refractivity contribution in [3.8, 4) is 11.3 Å². The van der Waals surface area contributed by atoms with Crippen molar-refractivity contribution < 1.29 is 0 Å². The first-order valence-corrected chi connectivity index (χ1v) is 6.36. The van der Waals surface area contributed by atoms with E-state index in [4.69, 9.17) is 11.6 Å². The Bertz CT molecular complexity index is 572. The van der Waals surface area contributed by atoms with Gasteiger partial charge in [-0.2, -0.15) is 0 Å². The third-order valence-electron chi connectivity index (χ3n) is 3.05. The number of nitrogens with zero attached hydrogens (tertiary/aromatic N) is 2. The van der Waals surface area contributed by atoms with Crippen LogP contribution in [-0.2, 0) is 0 Å². The molecule has 1 aliphatic rings. The molecule has 1 fully saturated rings. The fraction of sp³-hybridized carbons (Fsp3) is 0.250. The first kappa shape index (κ1) is 10.7. The van der Waals surface area contributed by atoms with Crippen LogP contribution in [0.25, 0.3) is 11.3 Å². The smallest absolute Gasteiger partial charge is 0.150 e. The number of hydrogen-bond acceptors (Lipinski definition) is 3. The van der Waals surface area contributed by atoms with E-state index in [0.717, 1.165) is 34.4 Å². The van der Waals surface area contributed by atoms with Crippen molar-refractivity contribution in [1.29, 1.82) is 0 Å². The summed E-state index contributed by atoms with van der Waals surface area (Å²) in [7, 11) is 0. The maximum atomic E-state index is 6.02. The molecule has 1 aliphatic carbocycles. The first-order chi connectivity index (χ1) is 8.18. The normalized spacial score (nSPS) is 15.1. The molecule has 4 nitrogen and oxygen atoms in total. The molecule has 0 unspecified atom stereocenters. The average molecular weight is 293 g/mol. The lowest BCUT2D eigenvalue weighted by Gasteiger charge is -2.02. The summed E-state index contributed by atoms with van der Waals surface area (Å²) < 4.78 is 2.50. The maximum absolute atomic E-state index is 6.02. The molecule has 2 aromatic rings. The van der Waals surface area contributed by atoms with Gasteiger partial charge in [-0.3, -0.25) is 0 Å². The number of rotatable bonds is 2. The van der Waals surface area contributed by atoms with Crippen molar-refractivity contribution in [2.24, 2.45) is 0 Å². The van der Waals surface area contributed by atoms with E-state index in [1.54, 1.807) is 0 Å². The summed E-state index contributed by atoms with van der Waals surface area (Å²) in [5, 5.41) is 0. The van der Waals surface area contributed by atoms with E-state index in [0.29, 0.717) is 11.7 Å². The van der Waals surface area contributed by atoms with E-state index in [-0.39, 0.29) is 0 Å². The monoisotopic (exact) mass is 292 g/mol. The molecular weight excluding hydrogens is 280 g/mol. The van der Waals surface area contributed by atoms with Crippen LogP contribution in [0.1, 0.15) is 24.6 Å². The lowest BCUT2D eigenvalue weighted by atomic mass is 10.1. The molecule has 1 heterocycles. The van der Waals surface area contributed by atoms with Crippen molar-refractivity contribution >= 4 is 21.7 Å². The quantitative estimate of drug-likeness (QED) is 0.836. The predicted molar refractivity (Wildman–Crippen MR) is 71.9 cm³/mol. The van der Waals surface area contributed by atoms with Gasteiger partial charge in [0, 0.05) is 16.0 Å². The lowest BCUT2D eigenvalue weighted by Crippen LogP contribution is -2.14. The Morgan fingerprint density at radius 3 is 2.65 bits per heavy atom. The SMILES string of the molecule is Nc1c(-c2ccccc2Br)nc(C2CC2)n1N. The number of aromatic nitrogens is 2. The van der Waals surface area contributed by atoms with Gasteiger partial charge in [0.25, 0.3) is 0 Å². The molecule has 0 atom stereocenters. The number of nitrogen functional groups attached to an aromatic ring is 2. The molecule has 4 N–H and O–H groups in total. The average Bonchev–Trinajstić information content (AvgIpc) is 3.11. The Labute approximate surface area is 108 Å². The molecule has 5 heteroatoms. The minimum absolute atomic E-state index is 0.485. The van der Waals surface area contributed by atoms with Crippen LogP contribution in [0.2, 0.25) is 0 Å². The summed E-state index contributed by atoms with van der Waals surface area (Å²) in [4.78, 5) is 4.59.